The van der Waals surface area contributed by atoms with E-state index in [1.807, 2.05) is 0 Å². The highest BCUT2D eigenvalue weighted by atomic mass is 79.9. The Kier molecular flexibility index (Phi) is 5.70. The highest BCUT2D eigenvalue weighted by Gasteiger charge is 2.05. The van der Waals surface area contributed by atoms with Crippen LogP contribution >= 0.6 is 27.3 Å². The van der Waals surface area contributed by atoms with Crippen molar-refractivity contribution in [2.45, 2.75) is 25.9 Å². The normalized spacial score (nSPS) is 13.1. The Morgan fingerprint density at radius 3 is 2.93 bits per heavy atom. The molecule has 1 atom stereocenters. The molecule has 1 N–H and O–H groups in total. The Labute approximate surface area is 97.8 Å². The molecule has 4 heteroatoms. The van der Waals surface area contributed by atoms with Gasteiger partial charge in [0.1, 0.15) is 0 Å². The van der Waals surface area contributed by atoms with E-state index < -0.39 is 0 Å². The molecule has 0 radical (unpaired) electrons. The third-order valence-corrected chi connectivity index (χ3v) is 3.74. The fourth-order valence-electron chi connectivity index (χ4n) is 1.21. The zero-order valence-corrected chi connectivity index (χ0v) is 11.0. The molecule has 0 aliphatic rings. The number of thiophene rings is 1. The summed E-state index contributed by atoms with van der Waals surface area (Å²) in [7, 11) is 1.74. The molecular formula is C10H16BrNOS. The summed E-state index contributed by atoms with van der Waals surface area (Å²) in [5, 5.41) is 5.57. The molecule has 0 fully saturated rings. The Bertz CT molecular complexity index is 264. The SMILES string of the molecule is CCC(COC)NCc1cc(Br)cs1. The molecule has 0 saturated heterocycles. The van der Waals surface area contributed by atoms with Crippen LogP contribution in [0.1, 0.15) is 18.2 Å². The van der Waals surface area contributed by atoms with Crippen molar-refractivity contribution in [1.29, 1.82) is 0 Å². The highest BCUT2D eigenvalue weighted by molar-refractivity contribution is 9.10. The van der Waals surface area contributed by atoms with Crippen molar-refractivity contribution < 1.29 is 4.74 Å². The van der Waals surface area contributed by atoms with Crippen LogP contribution in [0.25, 0.3) is 0 Å². The summed E-state index contributed by atoms with van der Waals surface area (Å²) in [6, 6.07) is 2.61. The average molecular weight is 278 g/mol. The summed E-state index contributed by atoms with van der Waals surface area (Å²) in [5.74, 6) is 0. The Hall–Kier alpha value is 0.1000. The molecule has 1 aromatic heterocycles. The predicted octanol–water partition coefficient (Wildman–Crippen LogP) is 3.03. The molecule has 1 aromatic rings. The first-order valence-corrected chi connectivity index (χ1v) is 6.38. The van der Waals surface area contributed by atoms with E-state index in [-0.39, 0.29) is 0 Å². The lowest BCUT2D eigenvalue weighted by molar-refractivity contribution is 0.164. The van der Waals surface area contributed by atoms with E-state index in [1.165, 1.54) is 9.35 Å². The summed E-state index contributed by atoms with van der Waals surface area (Å²) in [4.78, 5) is 1.35. The van der Waals surface area contributed by atoms with Crippen LogP contribution in [0.5, 0.6) is 0 Å². The maximum Gasteiger partial charge on any atom is 0.0615 e. The molecule has 0 amide bonds. The van der Waals surface area contributed by atoms with Gasteiger partial charge in [-0.15, -0.1) is 11.3 Å². The van der Waals surface area contributed by atoms with Crippen LogP contribution < -0.4 is 5.32 Å². The average Bonchev–Trinajstić information content (AvgIpc) is 2.59. The van der Waals surface area contributed by atoms with Gasteiger partial charge in [0.05, 0.1) is 6.61 Å². The van der Waals surface area contributed by atoms with Crippen molar-refractivity contribution in [2.75, 3.05) is 13.7 Å². The standard InChI is InChI=1S/C10H16BrNOS/c1-3-9(6-13-2)12-5-10-4-8(11)7-14-10/h4,7,9,12H,3,5-6H2,1-2H3. The number of methoxy groups -OCH3 is 1. The third-order valence-electron chi connectivity index (χ3n) is 2.05. The van der Waals surface area contributed by atoms with Gasteiger partial charge in [-0.25, -0.2) is 0 Å². The summed E-state index contributed by atoms with van der Waals surface area (Å²) in [6.45, 7) is 3.88. The topological polar surface area (TPSA) is 21.3 Å². The second-order valence-electron chi connectivity index (χ2n) is 3.17. The molecule has 1 heterocycles. The lowest BCUT2D eigenvalue weighted by Crippen LogP contribution is -2.31. The fraction of sp³-hybridized carbons (Fsp3) is 0.600. The van der Waals surface area contributed by atoms with E-state index in [1.54, 1.807) is 18.4 Å². The zero-order valence-electron chi connectivity index (χ0n) is 8.55. The minimum atomic E-state index is 0.459. The first-order chi connectivity index (χ1) is 6.76. The molecule has 1 unspecified atom stereocenters. The second-order valence-corrected chi connectivity index (χ2v) is 5.08. The largest absolute Gasteiger partial charge is 0.383 e. The molecule has 14 heavy (non-hydrogen) atoms. The van der Waals surface area contributed by atoms with Crippen molar-refractivity contribution in [1.82, 2.24) is 5.32 Å². The molecule has 1 rings (SSSR count). The van der Waals surface area contributed by atoms with E-state index in [4.69, 9.17) is 4.74 Å². The number of rotatable bonds is 6. The molecule has 0 bridgehead atoms. The van der Waals surface area contributed by atoms with E-state index >= 15 is 0 Å². The summed E-state index contributed by atoms with van der Waals surface area (Å²) < 4.78 is 6.29. The predicted molar refractivity (Wildman–Crippen MR) is 64.8 cm³/mol. The van der Waals surface area contributed by atoms with E-state index in [9.17, 15) is 0 Å². The lowest BCUT2D eigenvalue weighted by Gasteiger charge is -2.14. The highest BCUT2D eigenvalue weighted by Crippen LogP contribution is 2.19. The van der Waals surface area contributed by atoms with Crippen molar-refractivity contribution in [2.24, 2.45) is 0 Å². The molecule has 2 nitrogen and oxygen atoms in total. The third kappa shape index (κ3) is 4.09. The van der Waals surface area contributed by atoms with Gasteiger partial charge in [0.25, 0.3) is 0 Å². The Morgan fingerprint density at radius 2 is 2.43 bits per heavy atom. The van der Waals surface area contributed by atoms with Crippen LogP contribution in [0.2, 0.25) is 0 Å². The molecule has 0 spiro atoms. The molecule has 0 saturated carbocycles. The van der Waals surface area contributed by atoms with E-state index in [2.05, 4.69) is 39.6 Å². The number of hydrogen-bond acceptors (Lipinski definition) is 3. The van der Waals surface area contributed by atoms with Crippen molar-refractivity contribution in [3.8, 4) is 0 Å². The van der Waals surface area contributed by atoms with Gasteiger partial charge >= 0.3 is 0 Å². The maximum absolute atomic E-state index is 5.12. The van der Waals surface area contributed by atoms with Gasteiger partial charge in [0.2, 0.25) is 0 Å². The van der Waals surface area contributed by atoms with Crippen LogP contribution in [0, 0.1) is 0 Å². The van der Waals surface area contributed by atoms with E-state index in [0.29, 0.717) is 6.04 Å². The van der Waals surface area contributed by atoms with Crippen LogP contribution in [0.4, 0.5) is 0 Å². The summed E-state index contributed by atoms with van der Waals surface area (Å²) in [6.07, 6.45) is 1.10. The fourth-order valence-corrected chi connectivity index (χ4v) is 2.62. The van der Waals surface area contributed by atoms with Gasteiger partial charge in [0.15, 0.2) is 0 Å². The maximum atomic E-state index is 5.12. The van der Waals surface area contributed by atoms with Crippen LogP contribution in [0.3, 0.4) is 0 Å². The molecule has 0 aromatic carbocycles. The van der Waals surface area contributed by atoms with Gasteiger partial charge in [-0.1, -0.05) is 6.92 Å². The van der Waals surface area contributed by atoms with Crippen molar-refractivity contribution in [3.63, 3.8) is 0 Å². The van der Waals surface area contributed by atoms with Gasteiger partial charge < -0.3 is 10.1 Å². The minimum Gasteiger partial charge on any atom is -0.383 e. The first kappa shape index (κ1) is 12.2. The van der Waals surface area contributed by atoms with Gasteiger partial charge in [-0.2, -0.15) is 0 Å². The number of halogens is 1. The minimum absolute atomic E-state index is 0.459. The second kappa shape index (κ2) is 6.56. The van der Waals surface area contributed by atoms with Crippen LogP contribution in [-0.2, 0) is 11.3 Å². The number of nitrogens with one attached hydrogen (secondary N) is 1. The quantitative estimate of drug-likeness (QED) is 0.863. The monoisotopic (exact) mass is 277 g/mol. The zero-order chi connectivity index (χ0) is 10.4. The number of hydrogen-bond donors (Lipinski definition) is 1. The van der Waals surface area contributed by atoms with Crippen molar-refractivity contribution in [3.05, 3.63) is 20.8 Å². The first-order valence-electron chi connectivity index (χ1n) is 4.71. The Morgan fingerprint density at radius 1 is 1.64 bits per heavy atom. The van der Waals surface area contributed by atoms with Crippen molar-refractivity contribution >= 4 is 27.3 Å². The summed E-state index contributed by atoms with van der Waals surface area (Å²) >= 11 is 5.21. The van der Waals surface area contributed by atoms with Gasteiger partial charge in [-0.3, -0.25) is 0 Å². The lowest BCUT2D eigenvalue weighted by atomic mass is 10.2. The molecule has 80 valence electrons. The molecular weight excluding hydrogens is 262 g/mol. The molecule has 0 aliphatic carbocycles. The van der Waals surface area contributed by atoms with Crippen LogP contribution in [-0.4, -0.2) is 19.8 Å². The van der Waals surface area contributed by atoms with Gasteiger partial charge in [0, 0.05) is 34.4 Å². The summed E-state index contributed by atoms with van der Waals surface area (Å²) in [5.41, 5.74) is 0. The number of ether oxygens (including phenoxy) is 1. The smallest absolute Gasteiger partial charge is 0.0615 e. The Balaban J connectivity index is 2.31. The van der Waals surface area contributed by atoms with Gasteiger partial charge in [-0.05, 0) is 28.4 Å². The molecule has 0 aliphatic heterocycles. The van der Waals surface area contributed by atoms with Crippen LogP contribution in [0.15, 0.2) is 15.9 Å². The van der Waals surface area contributed by atoms with E-state index in [0.717, 1.165) is 19.6 Å².